The van der Waals surface area contributed by atoms with Crippen molar-refractivity contribution in [2.75, 3.05) is 31.7 Å². The number of rotatable bonds is 7. The minimum Gasteiger partial charge on any atom is -0.383 e. The fraction of sp³-hybridized carbons (Fsp3) is 0.571. The summed E-state index contributed by atoms with van der Waals surface area (Å²) in [5.74, 6) is 0.585. The quantitative estimate of drug-likeness (QED) is 0.688. The Balaban J connectivity index is 3.02. The first-order chi connectivity index (χ1) is 8.60. The molecule has 2 nitrogen and oxygen atoms in total. The second-order valence-corrected chi connectivity index (χ2v) is 5.68. The molecule has 0 atom stereocenters. The highest BCUT2D eigenvalue weighted by molar-refractivity contribution is 9.08. The van der Waals surface area contributed by atoms with Crippen molar-refractivity contribution in [1.29, 1.82) is 0 Å². The van der Waals surface area contributed by atoms with Crippen molar-refractivity contribution in [3.05, 3.63) is 28.8 Å². The summed E-state index contributed by atoms with van der Waals surface area (Å²) in [5, 5.41) is 1.62. The van der Waals surface area contributed by atoms with E-state index in [4.69, 9.17) is 16.3 Å². The molecule has 4 heteroatoms. The maximum atomic E-state index is 6.36. The van der Waals surface area contributed by atoms with Crippen LogP contribution in [0.2, 0.25) is 5.02 Å². The van der Waals surface area contributed by atoms with Gasteiger partial charge >= 0.3 is 0 Å². The van der Waals surface area contributed by atoms with Gasteiger partial charge in [-0.3, -0.25) is 0 Å². The van der Waals surface area contributed by atoms with E-state index in [1.807, 2.05) is 12.1 Å². The number of benzene rings is 1. The van der Waals surface area contributed by atoms with E-state index in [2.05, 4.69) is 40.7 Å². The number of anilines is 1. The molecule has 1 aromatic carbocycles. The van der Waals surface area contributed by atoms with Crippen molar-refractivity contribution in [2.45, 2.75) is 19.2 Å². The Hall–Kier alpha value is -0.250. The number of nitrogens with zero attached hydrogens (tertiary/aromatic N) is 1. The van der Waals surface area contributed by atoms with Gasteiger partial charge in [-0.25, -0.2) is 0 Å². The van der Waals surface area contributed by atoms with Gasteiger partial charge in [-0.1, -0.05) is 53.5 Å². The Labute approximate surface area is 123 Å². The van der Waals surface area contributed by atoms with Crippen molar-refractivity contribution in [3.8, 4) is 0 Å². The molecule has 0 saturated heterocycles. The van der Waals surface area contributed by atoms with E-state index < -0.39 is 0 Å². The molecule has 0 N–H and O–H groups in total. The molecule has 0 amide bonds. The summed E-state index contributed by atoms with van der Waals surface area (Å²) in [7, 11) is 1.73. The first-order valence-corrected chi connectivity index (χ1v) is 7.67. The highest BCUT2D eigenvalue weighted by Gasteiger charge is 2.15. The summed E-state index contributed by atoms with van der Waals surface area (Å²) in [6.45, 7) is 6.97. The normalized spacial score (nSPS) is 11.0. The molecule has 0 aliphatic carbocycles. The fourth-order valence-corrected chi connectivity index (χ4v) is 2.72. The monoisotopic (exact) mass is 333 g/mol. The van der Waals surface area contributed by atoms with Gasteiger partial charge in [0.2, 0.25) is 0 Å². The molecule has 0 spiro atoms. The number of para-hydroxylation sites is 1. The third-order valence-corrected chi connectivity index (χ3v) is 3.59. The zero-order chi connectivity index (χ0) is 13.5. The lowest BCUT2D eigenvalue weighted by Crippen LogP contribution is -2.32. The van der Waals surface area contributed by atoms with Gasteiger partial charge in [-0.05, 0) is 17.5 Å². The van der Waals surface area contributed by atoms with Gasteiger partial charge in [-0.2, -0.15) is 0 Å². The van der Waals surface area contributed by atoms with Gasteiger partial charge in [0.1, 0.15) is 0 Å². The van der Waals surface area contributed by atoms with E-state index in [1.165, 1.54) is 5.56 Å². The number of hydrogen-bond acceptors (Lipinski definition) is 2. The summed E-state index contributed by atoms with van der Waals surface area (Å²) in [6.07, 6.45) is 0. The van der Waals surface area contributed by atoms with E-state index in [0.717, 1.165) is 29.1 Å². The molecular weight excluding hydrogens is 314 g/mol. The smallest absolute Gasteiger partial charge is 0.0642 e. The molecule has 0 aliphatic heterocycles. The number of hydrogen-bond donors (Lipinski definition) is 0. The average molecular weight is 335 g/mol. The Morgan fingerprint density at radius 3 is 2.67 bits per heavy atom. The Morgan fingerprint density at radius 2 is 2.11 bits per heavy atom. The van der Waals surface area contributed by atoms with Gasteiger partial charge in [0.05, 0.1) is 17.3 Å². The molecule has 0 saturated carbocycles. The molecule has 0 aromatic heterocycles. The van der Waals surface area contributed by atoms with Crippen molar-refractivity contribution >= 4 is 33.2 Å². The summed E-state index contributed by atoms with van der Waals surface area (Å²) in [6, 6.07) is 6.05. The van der Waals surface area contributed by atoms with Crippen LogP contribution >= 0.6 is 27.5 Å². The highest BCUT2D eigenvalue weighted by atomic mass is 79.9. The molecule has 0 fully saturated rings. The van der Waals surface area contributed by atoms with Crippen LogP contribution in [-0.2, 0) is 10.1 Å². The molecule has 0 unspecified atom stereocenters. The summed E-state index contributed by atoms with van der Waals surface area (Å²) >= 11 is 9.89. The van der Waals surface area contributed by atoms with E-state index in [9.17, 15) is 0 Å². The first-order valence-electron chi connectivity index (χ1n) is 6.17. The van der Waals surface area contributed by atoms with Crippen molar-refractivity contribution in [2.24, 2.45) is 5.92 Å². The first kappa shape index (κ1) is 15.8. The molecule has 0 bridgehead atoms. The second-order valence-electron chi connectivity index (χ2n) is 4.71. The van der Waals surface area contributed by atoms with Crippen molar-refractivity contribution in [1.82, 2.24) is 0 Å². The lowest BCUT2D eigenvalue weighted by molar-refractivity contribution is 0.204. The van der Waals surface area contributed by atoms with Crippen molar-refractivity contribution in [3.63, 3.8) is 0 Å². The second kappa shape index (κ2) is 8.03. The summed E-state index contributed by atoms with van der Waals surface area (Å²) < 4.78 is 5.19. The SMILES string of the molecule is COCCN(CC(C)C)c1c(Cl)cccc1CBr. The number of ether oxygens (including phenoxy) is 1. The molecular formula is C14H21BrClNO. The molecule has 18 heavy (non-hydrogen) atoms. The average Bonchev–Trinajstić information content (AvgIpc) is 2.34. The van der Waals surface area contributed by atoms with E-state index in [0.29, 0.717) is 12.5 Å². The third kappa shape index (κ3) is 4.45. The summed E-state index contributed by atoms with van der Waals surface area (Å²) in [4.78, 5) is 2.31. The van der Waals surface area contributed by atoms with Gasteiger partial charge < -0.3 is 9.64 Å². The van der Waals surface area contributed by atoms with Crippen LogP contribution in [0.4, 0.5) is 5.69 Å². The largest absolute Gasteiger partial charge is 0.383 e. The van der Waals surface area contributed by atoms with Crippen LogP contribution in [-0.4, -0.2) is 26.8 Å². The molecule has 102 valence electrons. The highest BCUT2D eigenvalue weighted by Crippen LogP contribution is 2.31. The van der Waals surface area contributed by atoms with Crippen LogP contribution < -0.4 is 4.90 Å². The molecule has 1 rings (SSSR count). The number of methoxy groups -OCH3 is 1. The Bertz CT molecular complexity index is 371. The third-order valence-electron chi connectivity index (χ3n) is 2.68. The maximum Gasteiger partial charge on any atom is 0.0642 e. The van der Waals surface area contributed by atoms with Crippen LogP contribution in [0.25, 0.3) is 0 Å². The molecule has 1 aromatic rings. The Morgan fingerprint density at radius 1 is 1.39 bits per heavy atom. The van der Waals surface area contributed by atoms with Gasteiger partial charge in [0.25, 0.3) is 0 Å². The van der Waals surface area contributed by atoms with E-state index >= 15 is 0 Å². The van der Waals surface area contributed by atoms with Crippen LogP contribution in [0, 0.1) is 5.92 Å². The molecule has 0 heterocycles. The van der Waals surface area contributed by atoms with Gasteiger partial charge in [0.15, 0.2) is 0 Å². The molecule has 0 radical (unpaired) electrons. The van der Waals surface area contributed by atoms with Crippen LogP contribution in [0.1, 0.15) is 19.4 Å². The van der Waals surface area contributed by atoms with Gasteiger partial charge in [-0.15, -0.1) is 0 Å². The van der Waals surface area contributed by atoms with Crippen LogP contribution in [0.5, 0.6) is 0 Å². The zero-order valence-electron chi connectivity index (χ0n) is 11.2. The maximum absolute atomic E-state index is 6.36. The lowest BCUT2D eigenvalue weighted by atomic mass is 10.1. The minimum atomic E-state index is 0.585. The van der Waals surface area contributed by atoms with E-state index in [-0.39, 0.29) is 0 Å². The standard InChI is InChI=1S/C14H21BrClNO/c1-11(2)10-17(7-8-18-3)14-12(9-15)5-4-6-13(14)16/h4-6,11H,7-10H2,1-3H3. The zero-order valence-corrected chi connectivity index (χ0v) is 13.6. The predicted molar refractivity (Wildman–Crippen MR) is 83.0 cm³/mol. The predicted octanol–water partition coefficient (Wildman–Crippen LogP) is 4.34. The van der Waals surface area contributed by atoms with Crippen LogP contribution in [0.3, 0.4) is 0 Å². The topological polar surface area (TPSA) is 12.5 Å². The number of halogens is 2. The molecule has 0 aliphatic rings. The summed E-state index contributed by atoms with van der Waals surface area (Å²) in [5.41, 5.74) is 2.35. The minimum absolute atomic E-state index is 0.585. The fourth-order valence-electron chi connectivity index (χ4n) is 1.96. The van der Waals surface area contributed by atoms with Crippen LogP contribution in [0.15, 0.2) is 18.2 Å². The Kier molecular flexibility index (Phi) is 7.05. The lowest BCUT2D eigenvalue weighted by Gasteiger charge is -2.29. The van der Waals surface area contributed by atoms with E-state index in [1.54, 1.807) is 7.11 Å². The van der Waals surface area contributed by atoms with Gasteiger partial charge in [0, 0.05) is 25.5 Å². The van der Waals surface area contributed by atoms with Crippen molar-refractivity contribution < 1.29 is 4.74 Å². The number of alkyl halides is 1.